The zero-order chi connectivity index (χ0) is 30.9. The topological polar surface area (TPSA) is 185 Å². The van der Waals surface area contributed by atoms with Gasteiger partial charge >= 0.3 is 26.4 Å². The number of esters is 1. The smallest absolute Gasteiger partial charge is 0.307 e. The molecule has 0 bridgehead atoms. The molecule has 4 atom stereocenters. The highest BCUT2D eigenvalue weighted by atomic mass is 32.2. The van der Waals surface area contributed by atoms with Gasteiger partial charge in [-0.2, -0.15) is 25.4 Å². The molecular formula is C26H47N5O8S2. The molecule has 0 aromatic heterocycles. The molecule has 2 saturated carbocycles. The number of hydrogen-bond acceptors (Lipinski definition) is 9. The summed E-state index contributed by atoms with van der Waals surface area (Å²) in [5, 5.41) is 0. The highest BCUT2D eigenvalue weighted by Crippen LogP contribution is 2.57. The van der Waals surface area contributed by atoms with E-state index >= 15 is 0 Å². The average Bonchev–Trinajstić information content (AvgIpc) is 3.46. The van der Waals surface area contributed by atoms with E-state index < -0.39 is 54.8 Å². The van der Waals surface area contributed by atoms with Crippen molar-refractivity contribution in [2.45, 2.75) is 104 Å². The summed E-state index contributed by atoms with van der Waals surface area (Å²) in [5.41, 5.74) is 3.30. The molecule has 2 aliphatic heterocycles. The first-order chi connectivity index (χ1) is 18.9. The molecule has 4 N–H and O–H groups in total. The minimum atomic E-state index is -3.82. The van der Waals surface area contributed by atoms with Crippen molar-refractivity contribution in [2.24, 2.45) is 23.0 Å². The summed E-state index contributed by atoms with van der Waals surface area (Å²) in [5.74, 6) is -1.48. The summed E-state index contributed by atoms with van der Waals surface area (Å²) in [7, 11) is -7.50. The summed E-state index contributed by atoms with van der Waals surface area (Å²) < 4.78 is 60.5. The molecule has 15 heteroatoms. The lowest BCUT2D eigenvalue weighted by Crippen LogP contribution is -2.50. The summed E-state index contributed by atoms with van der Waals surface area (Å²) in [6.07, 6.45) is 5.83. The molecule has 2 aliphatic carbocycles. The number of carbonyl (C=O) groups is 3. The van der Waals surface area contributed by atoms with Gasteiger partial charge in [0.15, 0.2) is 0 Å². The van der Waals surface area contributed by atoms with Gasteiger partial charge in [-0.1, -0.05) is 26.7 Å². The molecule has 236 valence electrons. The molecule has 4 fully saturated rings. The molecule has 4 aliphatic rings. The van der Waals surface area contributed by atoms with Crippen LogP contribution in [0.3, 0.4) is 0 Å². The van der Waals surface area contributed by atoms with E-state index in [1.54, 1.807) is 20.8 Å². The van der Waals surface area contributed by atoms with Gasteiger partial charge in [-0.15, -0.1) is 0 Å². The second kappa shape index (κ2) is 12.4. The van der Waals surface area contributed by atoms with E-state index in [1.807, 2.05) is 13.8 Å². The van der Waals surface area contributed by atoms with Crippen molar-refractivity contribution in [1.29, 1.82) is 0 Å². The predicted octanol–water partition coefficient (Wildman–Crippen LogP) is 1.16. The first kappa shape index (κ1) is 33.7. The number of rotatable bonds is 10. The summed E-state index contributed by atoms with van der Waals surface area (Å²) in [6.45, 7) is 11.0. The molecule has 4 rings (SSSR count). The van der Waals surface area contributed by atoms with E-state index in [4.69, 9.17) is 10.5 Å². The van der Waals surface area contributed by atoms with Gasteiger partial charge < -0.3 is 10.5 Å². The fraction of sp³-hybridized carbons (Fsp3) is 0.885. The van der Waals surface area contributed by atoms with Crippen LogP contribution in [-0.4, -0.2) is 80.5 Å². The first-order valence-corrected chi connectivity index (χ1v) is 17.4. The maximum absolute atomic E-state index is 12.6. The largest absolute Gasteiger partial charge is 0.460 e. The quantitative estimate of drug-likeness (QED) is 0.301. The first-order valence-electron chi connectivity index (χ1n) is 14.6. The second-order valence-corrected chi connectivity index (χ2v) is 16.0. The number of hydrogen-bond donors (Lipinski definition) is 3. The minimum Gasteiger partial charge on any atom is -0.460 e. The van der Waals surface area contributed by atoms with E-state index in [1.165, 1.54) is 8.61 Å². The number of nitrogens with zero attached hydrogens (tertiary/aromatic N) is 2. The average molecular weight is 622 g/mol. The third-order valence-electron chi connectivity index (χ3n) is 8.38. The Morgan fingerprint density at radius 1 is 0.805 bits per heavy atom. The zero-order valence-corrected chi connectivity index (χ0v) is 26.5. The Labute approximate surface area is 244 Å². The van der Waals surface area contributed by atoms with Crippen LogP contribution in [-0.2, 0) is 39.5 Å². The molecule has 0 radical (unpaired) electrons. The van der Waals surface area contributed by atoms with Gasteiger partial charge in [0.1, 0.15) is 5.60 Å². The molecular weight excluding hydrogens is 574 g/mol. The standard InChI is InChI=1S/C16H28N2O5S.C10H19N3O3S/c1-5-12-10-16(12,11-13(19)23-15(2,3)4)14(20)17-24(21,22)18-8-6-7-9-18;1-2-8-7-10(8,11)9(14)12-17(15,16)13-5-3-4-6-13/h12H,5-11H2,1-4H3,(H,17,20);8H,2-7,11H2,1H3,(H,12,14)/t12-,16-;8-,10-/m11/s1. The molecule has 0 aromatic carbocycles. The molecule has 0 aromatic rings. The number of nitrogens with two attached hydrogens (primary N) is 1. The molecule has 2 saturated heterocycles. The van der Waals surface area contributed by atoms with Gasteiger partial charge in [-0.3, -0.25) is 14.4 Å². The number of amides is 2. The second-order valence-electron chi connectivity index (χ2n) is 12.7. The van der Waals surface area contributed by atoms with Gasteiger partial charge in [-0.05, 0) is 71.1 Å². The van der Waals surface area contributed by atoms with Gasteiger partial charge in [0, 0.05) is 26.2 Å². The lowest BCUT2D eigenvalue weighted by molar-refractivity contribution is -0.158. The van der Waals surface area contributed by atoms with E-state index in [0.717, 1.165) is 38.5 Å². The predicted molar refractivity (Wildman–Crippen MR) is 152 cm³/mol. The maximum atomic E-state index is 12.6. The van der Waals surface area contributed by atoms with Crippen LogP contribution < -0.4 is 15.2 Å². The van der Waals surface area contributed by atoms with E-state index in [9.17, 15) is 31.2 Å². The van der Waals surface area contributed by atoms with Crippen molar-refractivity contribution in [3.63, 3.8) is 0 Å². The Hall–Kier alpha value is -1.81. The van der Waals surface area contributed by atoms with Crippen LogP contribution in [0.5, 0.6) is 0 Å². The van der Waals surface area contributed by atoms with Gasteiger partial charge in [0.2, 0.25) is 5.91 Å². The highest BCUT2D eigenvalue weighted by molar-refractivity contribution is 7.88. The normalized spacial score (nSPS) is 30.2. The number of ether oxygens (including phenoxy) is 1. The zero-order valence-electron chi connectivity index (χ0n) is 24.9. The SMILES string of the molecule is CC[C@@H]1C[C@]1(CC(=O)OC(C)(C)C)C(=O)NS(=O)(=O)N1CCCC1.CC[C@@H]1C[C@]1(N)C(=O)NS(=O)(=O)N1CCCC1. The van der Waals surface area contributed by atoms with Crippen molar-refractivity contribution in [3.05, 3.63) is 0 Å². The summed E-state index contributed by atoms with van der Waals surface area (Å²) >= 11 is 0. The van der Waals surface area contributed by atoms with Gasteiger partial charge in [0.05, 0.1) is 17.4 Å². The Morgan fingerprint density at radius 3 is 1.61 bits per heavy atom. The highest BCUT2D eigenvalue weighted by Gasteiger charge is 2.61. The fourth-order valence-corrected chi connectivity index (χ4v) is 8.28. The van der Waals surface area contributed by atoms with Gasteiger partial charge in [-0.25, -0.2) is 9.44 Å². The van der Waals surface area contributed by atoms with Crippen LogP contribution in [0.25, 0.3) is 0 Å². The lowest BCUT2D eigenvalue weighted by Gasteiger charge is -2.23. The van der Waals surface area contributed by atoms with Crippen LogP contribution in [0.2, 0.25) is 0 Å². The Kier molecular flexibility index (Phi) is 10.2. The van der Waals surface area contributed by atoms with Crippen molar-refractivity contribution in [2.75, 3.05) is 26.2 Å². The molecule has 41 heavy (non-hydrogen) atoms. The lowest BCUT2D eigenvalue weighted by atomic mass is 9.97. The van der Waals surface area contributed by atoms with Crippen LogP contribution in [0.15, 0.2) is 0 Å². The van der Waals surface area contributed by atoms with E-state index in [2.05, 4.69) is 9.44 Å². The Morgan fingerprint density at radius 2 is 1.24 bits per heavy atom. The Bertz CT molecular complexity index is 1210. The fourth-order valence-electron chi connectivity index (χ4n) is 5.68. The van der Waals surface area contributed by atoms with Crippen LogP contribution in [0, 0.1) is 17.3 Å². The van der Waals surface area contributed by atoms with Crippen molar-refractivity contribution in [1.82, 2.24) is 18.1 Å². The van der Waals surface area contributed by atoms with E-state index in [-0.39, 0.29) is 18.3 Å². The minimum absolute atomic E-state index is 0.0128. The van der Waals surface area contributed by atoms with Crippen LogP contribution >= 0.6 is 0 Å². The third kappa shape index (κ3) is 8.18. The van der Waals surface area contributed by atoms with Crippen LogP contribution in [0.1, 0.15) is 92.4 Å². The monoisotopic (exact) mass is 621 g/mol. The maximum Gasteiger partial charge on any atom is 0.307 e. The molecule has 2 amide bonds. The van der Waals surface area contributed by atoms with Crippen molar-refractivity contribution in [3.8, 4) is 0 Å². The summed E-state index contributed by atoms with van der Waals surface area (Å²) in [4.78, 5) is 36.6. The number of nitrogens with one attached hydrogen (secondary N) is 2. The van der Waals surface area contributed by atoms with Crippen molar-refractivity contribution >= 4 is 38.2 Å². The van der Waals surface area contributed by atoms with E-state index in [0.29, 0.717) is 39.0 Å². The molecule has 2 heterocycles. The molecule has 0 unspecified atom stereocenters. The summed E-state index contributed by atoms with van der Waals surface area (Å²) in [6, 6.07) is 0. The third-order valence-corrected chi connectivity index (χ3v) is 11.4. The van der Waals surface area contributed by atoms with Crippen LogP contribution in [0.4, 0.5) is 0 Å². The number of carbonyl (C=O) groups excluding carboxylic acids is 3. The Balaban J connectivity index is 0.000000239. The van der Waals surface area contributed by atoms with Gasteiger partial charge in [0.25, 0.3) is 5.91 Å². The molecule has 13 nitrogen and oxygen atoms in total. The molecule has 0 spiro atoms. The van der Waals surface area contributed by atoms with Crippen molar-refractivity contribution < 1.29 is 36.0 Å².